The second-order valence-electron chi connectivity index (χ2n) is 6.59. The Hall–Kier alpha value is -2.18. The van der Waals surface area contributed by atoms with Gasteiger partial charge in [0.1, 0.15) is 0 Å². The van der Waals surface area contributed by atoms with E-state index in [1.54, 1.807) is 13.3 Å². The molecule has 1 aliphatic rings. The summed E-state index contributed by atoms with van der Waals surface area (Å²) < 4.78 is 7.31. The highest BCUT2D eigenvalue weighted by atomic mass is 16.5. The number of ether oxygens (including phenoxy) is 1. The Labute approximate surface area is 148 Å². The van der Waals surface area contributed by atoms with E-state index in [2.05, 4.69) is 30.3 Å². The molecule has 1 amide bonds. The Bertz CT molecular complexity index is 756. The van der Waals surface area contributed by atoms with Gasteiger partial charge in [-0.2, -0.15) is 5.10 Å². The molecule has 1 saturated heterocycles. The number of amides is 1. The van der Waals surface area contributed by atoms with Crippen LogP contribution in [0.5, 0.6) is 0 Å². The lowest BCUT2D eigenvalue weighted by Gasteiger charge is -2.18. The molecule has 25 heavy (non-hydrogen) atoms. The molecule has 0 aliphatic carbocycles. The van der Waals surface area contributed by atoms with Crippen molar-refractivity contribution in [1.29, 1.82) is 0 Å². The normalized spacial score (nSPS) is 20.8. The van der Waals surface area contributed by atoms with Crippen LogP contribution in [0.25, 0.3) is 5.69 Å². The molecular formula is C19H26N4O2. The van der Waals surface area contributed by atoms with Gasteiger partial charge in [0.2, 0.25) is 5.91 Å². The van der Waals surface area contributed by atoms with E-state index in [0.717, 1.165) is 35.6 Å². The summed E-state index contributed by atoms with van der Waals surface area (Å²) in [6, 6.07) is 7.95. The number of hydrogen-bond donors (Lipinski definition) is 1. The van der Waals surface area contributed by atoms with Gasteiger partial charge in [-0.25, -0.2) is 4.68 Å². The van der Waals surface area contributed by atoms with Crippen LogP contribution in [-0.2, 0) is 16.0 Å². The third-order valence-electron chi connectivity index (χ3n) is 4.95. The first-order valence-electron chi connectivity index (χ1n) is 8.72. The smallest absolute Gasteiger partial charge is 0.241 e. The van der Waals surface area contributed by atoms with Crippen molar-refractivity contribution in [1.82, 2.24) is 14.7 Å². The highest BCUT2D eigenvalue weighted by molar-refractivity contribution is 5.95. The standard InChI is InChI=1S/C19H26N4O2/c1-5-16-15(11-20-23(16)17-9-7-6-8-13(17)2)21-19(24)18-10-14(25-4)12-22(18)3/h6-9,11,14,18H,5,10,12H2,1-4H3,(H,21,24)/t14-,18-/m0/s1. The number of benzene rings is 1. The lowest BCUT2D eigenvalue weighted by atomic mass is 10.1. The minimum absolute atomic E-state index is 0.00100. The van der Waals surface area contributed by atoms with Gasteiger partial charge in [-0.1, -0.05) is 25.1 Å². The van der Waals surface area contributed by atoms with Crippen molar-refractivity contribution in [3.05, 3.63) is 41.7 Å². The predicted molar refractivity (Wildman–Crippen MR) is 98.1 cm³/mol. The molecule has 6 heteroatoms. The molecule has 1 aliphatic heterocycles. The first kappa shape index (κ1) is 17.6. The van der Waals surface area contributed by atoms with Gasteiger partial charge in [-0.3, -0.25) is 9.69 Å². The largest absolute Gasteiger partial charge is 0.380 e. The number of carbonyl (C=O) groups is 1. The summed E-state index contributed by atoms with van der Waals surface area (Å²) in [5, 5.41) is 7.58. The van der Waals surface area contributed by atoms with Crippen molar-refractivity contribution in [3.63, 3.8) is 0 Å². The van der Waals surface area contributed by atoms with Crippen LogP contribution in [0.4, 0.5) is 5.69 Å². The molecule has 2 aromatic rings. The zero-order chi connectivity index (χ0) is 18.0. The molecular weight excluding hydrogens is 316 g/mol. The Morgan fingerprint density at radius 1 is 1.40 bits per heavy atom. The maximum absolute atomic E-state index is 12.7. The minimum Gasteiger partial charge on any atom is -0.380 e. The number of likely N-dealkylation sites (N-methyl/N-ethyl adjacent to an activating group) is 1. The monoisotopic (exact) mass is 342 g/mol. The quantitative estimate of drug-likeness (QED) is 0.906. The predicted octanol–water partition coefficient (Wildman–Crippen LogP) is 2.40. The van der Waals surface area contributed by atoms with Crippen LogP contribution in [0.1, 0.15) is 24.6 Å². The van der Waals surface area contributed by atoms with E-state index in [4.69, 9.17) is 4.74 Å². The Morgan fingerprint density at radius 2 is 2.16 bits per heavy atom. The second-order valence-corrected chi connectivity index (χ2v) is 6.59. The maximum atomic E-state index is 12.7. The van der Waals surface area contributed by atoms with Crippen molar-refractivity contribution >= 4 is 11.6 Å². The fraction of sp³-hybridized carbons (Fsp3) is 0.474. The number of methoxy groups -OCH3 is 1. The molecule has 0 unspecified atom stereocenters. The summed E-state index contributed by atoms with van der Waals surface area (Å²) in [7, 11) is 3.65. The van der Waals surface area contributed by atoms with Gasteiger partial charge < -0.3 is 10.1 Å². The van der Waals surface area contributed by atoms with Crippen LogP contribution in [0, 0.1) is 6.92 Å². The summed E-state index contributed by atoms with van der Waals surface area (Å²) in [6.07, 6.45) is 3.35. The van der Waals surface area contributed by atoms with Gasteiger partial charge in [0.15, 0.2) is 0 Å². The van der Waals surface area contributed by atoms with E-state index in [0.29, 0.717) is 6.42 Å². The van der Waals surface area contributed by atoms with Crippen molar-refractivity contribution < 1.29 is 9.53 Å². The summed E-state index contributed by atoms with van der Waals surface area (Å²) in [5.74, 6) is 0.00100. The molecule has 0 spiro atoms. The second kappa shape index (κ2) is 7.37. The summed E-state index contributed by atoms with van der Waals surface area (Å²) in [5.41, 5.74) is 3.98. The number of rotatable bonds is 5. The molecule has 0 bridgehead atoms. The Kier molecular flexibility index (Phi) is 5.20. The SMILES string of the molecule is CCc1c(NC(=O)[C@@H]2C[C@H](OC)CN2C)cnn1-c1ccccc1C. The van der Waals surface area contributed by atoms with Gasteiger partial charge >= 0.3 is 0 Å². The van der Waals surface area contributed by atoms with E-state index in [9.17, 15) is 4.79 Å². The van der Waals surface area contributed by atoms with Crippen molar-refractivity contribution in [2.75, 3.05) is 26.0 Å². The highest BCUT2D eigenvalue weighted by Gasteiger charge is 2.34. The van der Waals surface area contributed by atoms with E-state index < -0.39 is 0 Å². The zero-order valence-corrected chi connectivity index (χ0v) is 15.3. The third-order valence-corrected chi connectivity index (χ3v) is 4.95. The summed E-state index contributed by atoms with van der Waals surface area (Å²) >= 11 is 0. The van der Waals surface area contributed by atoms with E-state index in [1.165, 1.54) is 0 Å². The average molecular weight is 342 g/mol. The Morgan fingerprint density at radius 3 is 2.80 bits per heavy atom. The van der Waals surface area contributed by atoms with Crippen LogP contribution >= 0.6 is 0 Å². The molecule has 2 heterocycles. The van der Waals surface area contributed by atoms with Crippen LogP contribution in [0.2, 0.25) is 0 Å². The summed E-state index contributed by atoms with van der Waals surface area (Å²) in [6.45, 7) is 4.91. The average Bonchev–Trinajstić information content (AvgIpc) is 3.18. The number of aryl methyl sites for hydroxylation is 1. The molecule has 1 aromatic heterocycles. The van der Waals surface area contributed by atoms with Crippen LogP contribution in [0.15, 0.2) is 30.5 Å². The van der Waals surface area contributed by atoms with Gasteiger partial charge in [0.25, 0.3) is 0 Å². The number of nitrogens with one attached hydrogen (secondary N) is 1. The minimum atomic E-state index is -0.170. The van der Waals surface area contributed by atoms with Crippen LogP contribution < -0.4 is 5.32 Å². The van der Waals surface area contributed by atoms with Crippen LogP contribution in [0.3, 0.4) is 0 Å². The van der Waals surface area contributed by atoms with Crippen molar-refractivity contribution in [3.8, 4) is 5.69 Å². The number of hydrogen-bond acceptors (Lipinski definition) is 4. The van der Waals surface area contributed by atoms with E-state index in [1.807, 2.05) is 34.8 Å². The molecule has 2 atom stereocenters. The van der Waals surface area contributed by atoms with Gasteiger partial charge in [0, 0.05) is 13.7 Å². The third kappa shape index (κ3) is 3.45. The van der Waals surface area contributed by atoms with Gasteiger partial charge in [0.05, 0.1) is 35.4 Å². The van der Waals surface area contributed by atoms with Gasteiger partial charge in [-0.15, -0.1) is 0 Å². The lowest BCUT2D eigenvalue weighted by Crippen LogP contribution is -2.37. The molecule has 6 nitrogen and oxygen atoms in total. The van der Waals surface area contributed by atoms with Crippen LogP contribution in [-0.4, -0.2) is 53.4 Å². The molecule has 1 aromatic carbocycles. The fourth-order valence-corrected chi connectivity index (χ4v) is 3.47. The lowest BCUT2D eigenvalue weighted by molar-refractivity contribution is -0.120. The van der Waals surface area contributed by atoms with E-state index >= 15 is 0 Å². The number of anilines is 1. The number of nitrogens with zero attached hydrogens (tertiary/aromatic N) is 3. The van der Waals surface area contributed by atoms with Gasteiger partial charge in [-0.05, 0) is 38.4 Å². The number of aromatic nitrogens is 2. The molecule has 1 N–H and O–H groups in total. The van der Waals surface area contributed by atoms with Crippen molar-refractivity contribution in [2.24, 2.45) is 0 Å². The molecule has 134 valence electrons. The molecule has 1 fully saturated rings. The number of para-hydroxylation sites is 1. The maximum Gasteiger partial charge on any atom is 0.241 e. The number of likely N-dealkylation sites (tertiary alicyclic amines) is 1. The summed E-state index contributed by atoms with van der Waals surface area (Å²) in [4.78, 5) is 14.8. The fourth-order valence-electron chi connectivity index (χ4n) is 3.47. The number of carbonyl (C=O) groups excluding carboxylic acids is 1. The zero-order valence-electron chi connectivity index (χ0n) is 15.3. The molecule has 0 radical (unpaired) electrons. The first-order valence-corrected chi connectivity index (χ1v) is 8.72. The molecule has 0 saturated carbocycles. The topological polar surface area (TPSA) is 59.4 Å². The van der Waals surface area contributed by atoms with E-state index in [-0.39, 0.29) is 18.1 Å². The first-order chi connectivity index (χ1) is 12.0. The Balaban J connectivity index is 1.82. The highest BCUT2D eigenvalue weighted by Crippen LogP contribution is 2.24. The molecule has 3 rings (SSSR count). The van der Waals surface area contributed by atoms with Crippen molar-refractivity contribution in [2.45, 2.75) is 38.8 Å².